The number of sulfonamides is 1. The Bertz CT molecular complexity index is 903. The number of hydrogen-bond acceptors (Lipinski definition) is 6. The number of esters is 1. The Hall–Kier alpha value is -2.72. The number of carbonyl (C=O) groups excluding carboxylic acids is 2. The molecular weight excluding hydrogens is 360 g/mol. The summed E-state index contributed by atoms with van der Waals surface area (Å²) >= 11 is 0. The standard InChI is InChI=1S/C16H20N4O5S/c1-4-17-26(23,24)12-8-6-11(7-9-12)18-15(21)13-10-14(20(3)19-13)16(22)25-5-2/h6-10,17H,4-5H2,1-3H3,(H,18,21). The highest BCUT2D eigenvalue weighted by Crippen LogP contribution is 2.15. The molecular formula is C16H20N4O5S. The van der Waals surface area contributed by atoms with Crippen LogP contribution >= 0.6 is 0 Å². The molecule has 2 aromatic rings. The van der Waals surface area contributed by atoms with Gasteiger partial charge in [0.05, 0.1) is 11.5 Å². The van der Waals surface area contributed by atoms with Crippen LogP contribution in [-0.4, -0.2) is 43.2 Å². The number of hydrogen-bond donors (Lipinski definition) is 2. The van der Waals surface area contributed by atoms with Gasteiger partial charge in [-0.05, 0) is 31.2 Å². The van der Waals surface area contributed by atoms with Gasteiger partial charge in [0, 0.05) is 25.3 Å². The summed E-state index contributed by atoms with van der Waals surface area (Å²) in [4.78, 5) is 24.1. The number of amides is 1. The van der Waals surface area contributed by atoms with Crippen molar-refractivity contribution in [2.24, 2.45) is 7.05 Å². The number of carbonyl (C=O) groups is 2. The van der Waals surface area contributed by atoms with Crippen LogP contribution in [0.25, 0.3) is 0 Å². The van der Waals surface area contributed by atoms with Gasteiger partial charge in [0.1, 0.15) is 5.69 Å². The van der Waals surface area contributed by atoms with Crippen LogP contribution in [0.15, 0.2) is 35.2 Å². The van der Waals surface area contributed by atoms with Gasteiger partial charge in [-0.1, -0.05) is 6.92 Å². The lowest BCUT2D eigenvalue weighted by Crippen LogP contribution is -2.23. The molecule has 0 saturated heterocycles. The van der Waals surface area contributed by atoms with Gasteiger partial charge >= 0.3 is 5.97 Å². The topological polar surface area (TPSA) is 119 Å². The van der Waals surface area contributed by atoms with E-state index in [1.54, 1.807) is 13.8 Å². The normalized spacial score (nSPS) is 11.2. The first-order valence-corrected chi connectivity index (χ1v) is 9.39. The number of anilines is 1. The molecule has 9 nitrogen and oxygen atoms in total. The minimum atomic E-state index is -3.55. The van der Waals surface area contributed by atoms with E-state index < -0.39 is 21.9 Å². The van der Waals surface area contributed by atoms with Crippen LogP contribution in [0.2, 0.25) is 0 Å². The zero-order chi connectivity index (χ0) is 19.3. The molecule has 26 heavy (non-hydrogen) atoms. The van der Waals surface area contributed by atoms with Crippen molar-refractivity contribution in [1.29, 1.82) is 0 Å². The molecule has 1 aromatic heterocycles. The first kappa shape index (κ1) is 19.6. The molecule has 0 bridgehead atoms. The van der Waals surface area contributed by atoms with Gasteiger partial charge in [-0.2, -0.15) is 5.10 Å². The summed E-state index contributed by atoms with van der Waals surface area (Å²) in [6.07, 6.45) is 0. The van der Waals surface area contributed by atoms with Crippen molar-refractivity contribution in [3.8, 4) is 0 Å². The van der Waals surface area contributed by atoms with Crippen molar-refractivity contribution in [2.45, 2.75) is 18.7 Å². The summed E-state index contributed by atoms with van der Waals surface area (Å²) < 4.78 is 32.3. The second-order valence-corrected chi connectivity index (χ2v) is 7.01. The Morgan fingerprint density at radius 3 is 2.42 bits per heavy atom. The summed E-state index contributed by atoms with van der Waals surface area (Å²) in [7, 11) is -2.02. The smallest absolute Gasteiger partial charge is 0.356 e. The molecule has 0 saturated carbocycles. The van der Waals surface area contributed by atoms with E-state index in [-0.39, 0.29) is 29.4 Å². The lowest BCUT2D eigenvalue weighted by molar-refractivity contribution is 0.0513. The highest BCUT2D eigenvalue weighted by atomic mass is 32.2. The van der Waals surface area contributed by atoms with Crippen LogP contribution in [-0.2, 0) is 21.8 Å². The van der Waals surface area contributed by atoms with Crippen LogP contribution in [0.1, 0.15) is 34.8 Å². The molecule has 1 aromatic carbocycles. The number of nitrogens with zero attached hydrogens (tertiary/aromatic N) is 2. The fraction of sp³-hybridized carbons (Fsp3) is 0.312. The molecule has 0 radical (unpaired) electrons. The number of aryl methyl sites for hydroxylation is 1. The van der Waals surface area contributed by atoms with E-state index >= 15 is 0 Å². The number of benzene rings is 1. The third-order valence-corrected chi connectivity index (χ3v) is 4.92. The maximum atomic E-state index is 12.3. The van der Waals surface area contributed by atoms with E-state index in [2.05, 4.69) is 15.1 Å². The van der Waals surface area contributed by atoms with E-state index in [9.17, 15) is 18.0 Å². The van der Waals surface area contributed by atoms with Crippen molar-refractivity contribution in [2.75, 3.05) is 18.5 Å². The van der Waals surface area contributed by atoms with Gasteiger partial charge in [-0.25, -0.2) is 17.9 Å². The van der Waals surface area contributed by atoms with Crippen LogP contribution in [0.5, 0.6) is 0 Å². The van der Waals surface area contributed by atoms with Crippen molar-refractivity contribution in [3.63, 3.8) is 0 Å². The van der Waals surface area contributed by atoms with Gasteiger partial charge < -0.3 is 10.1 Å². The molecule has 1 heterocycles. The average Bonchev–Trinajstić information content (AvgIpc) is 2.97. The predicted octanol–water partition coefficient (Wildman–Crippen LogP) is 1.15. The Balaban J connectivity index is 2.13. The van der Waals surface area contributed by atoms with E-state index in [0.29, 0.717) is 5.69 Å². The highest BCUT2D eigenvalue weighted by Gasteiger charge is 2.19. The highest BCUT2D eigenvalue weighted by molar-refractivity contribution is 7.89. The second-order valence-electron chi connectivity index (χ2n) is 5.24. The Labute approximate surface area is 151 Å². The molecule has 0 aliphatic carbocycles. The minimum absolute atomic E-state index is 0.0416. The lowest BCUT2D eigenvalue weighted by atomic mass is 10.3. The molecule has 10 heteroatoms. The molecule has 0 aliphatic rings. The molecule has 140 valence electrons. The largest absolute Gasteiger partial charge is 0.461 e. The zero-order valence-corrected chi connectivity index (χ0v) is 15.5. The van der Waals surface area contributed by atoms with Crippen LogP contribution in [0.3, 0.4) is 0 Å². The number of ether oxygens (including phenoxy) is 1. The average molecular weight is 380 g/mol. The fourth-order valence-corrected chi connectivity index (χ4v) is 3.20. The molecule has 2 rings (SSSR count). The summed E-state index contributed by atoms with van der Waals surface area (Å²) in [5.74, 6) is -1.10. The van der Waals surface area contributed by atoms with Gasteiger partial charge in [-0.3, -0.25) is 9.48 Å². The molecule has 0 fully saturated rings. The lowest BCUT2D eigenvalue weighted by Gasteiger charge is -2.06. The van der Waals surface area contributed by atoms with Crippen LogP contribution in [0.4, 0.5) is 5.69 Å². The van der Waals surface area contributed by atoms with Crippen LogP contribution < -0.4 is 10.0 Å². The number of nitrogens with one attached hydrogen (secondary N) is 2. The third kappa shape index (κ3) is 4.46. The first-order valence-electron chi connectivity index (χ1n) is 7.90. The van der Waals surface area contributed by atoms with Gasteiger partial charge in [0.15, 0.2) is 5.69 Å². The van der Waals surface area contributed by atoms with Crippen molar-refractivity contribution < 1.29 is 22.7 Å². The molecule has 1 amide bonds. The Morgan fingerprint density at radius 2 is 1.85 bits per heavy atom. The summed E-state index contributed by atoms with van der Waals surface area (Å²) in [5, 5.41) is 6.59. The Morgan fingerprint density at radius 1 is 1.19 bits per heavy atom. The van der Waals surface area contributed by atoms with Crippen molar-refractivity contribution in [3.05, 3.63) is 41.7 Å². The van der Waals surface area contributed by atoms with Gasteiger partial charge in [0.25, 0.3) is 5.91 Å². The fourth-order valence-electron chi connectivity index (χ4n) is 2.16. The number of aromatic nitrogens is 2. The molecule has 0 spiro atoms. The summed E-state index contributed by atoms with van der Waals surface area (Å²) in [6, 6.07) is 7.04. The van der Waals surface area contributed by atoms with E-state index in [4.69, 9.17) is 4.74 Å². The van der Waals surface area contributed by atoms with E-state index in [1.807, 2.05) is 0 Å². The third-order valence-electron chi connectivity index (χ3n) is 3.35. The molecule has 2 N–H and O–H groups in total. The van der Waals surface area contributed by atoms with E-state index in [0.717, 1.165) is 0 Å². The molecule has 0 unspecified atom stereocenters. The van der Waals surface area contributed by atoms with Gasteiger partial charge in [-0.15, -0.1) is 0 Å². The monoisotopic (exact) mass is 380 g/mol. The van der Waals surface area contributed by atoms with Crippen molar-refractivity contribution in [1.82, 2.24) is 14.5 Å². The summed E-state index contributed by atoms with van der Waals surface area (Å²) in [5.41, 5.74) is 0.595. The van der Waals surface area contributed by atoms with Crippen LogP contribution in [0, 0.1) is 0 Å². The summed E-state index contributed by atoms with van der Waals surface area (Å²) in [6.45, 7) is 3.86. The minimum Gasteiger partial charge on any atom is -0.461 e. The second kappa shape index (κ2) is 8.11. The number of rotatable bonds is 7. The maximum Gasteiger partial charge on any atom is 0.356 e. The van der Waals surface area contributed by atoms with E-state index in [1.165, 1.54) is 42.1 Å². The zero-order valence-electron chi connectivity index (χ0n) is 14.6. The first-order chi connectivity index (χ1) is 12.3. The predicted molar refractivity (Wildman–Crippen MR) is 94.4 cm³/mol. The molecule has 0 aliphatic heterocycles. The van der Waals surface area contributed by atoms with Crippen molar-refractivity contribution >= 4 is 27.6 Å². The Kier molecular flexibility index (Phi) is 6.11. The molecule has 0 atom stereocenters. The van der Waals surface area contributed by atoms with Gasteiger partial charge in [0.2, 0.25) is 10.0 Å². The quantitative estimate of drug-likeness (QED) is 0.696. The maximum absolute atomic E-state index is 12.3. The SMILES string of the molecule is CCNS(=O)(=O)c1ccc(NC(=O)c2cc(C(=O)OCC)n(C)n2)cc1.